The van der Waals surface area contributed by atoms with Crippen molar-refractivity contribution in [1.29, 1.82) is 0 Å². The van der Waals surface area contributed by atoms with Crippen LogP contribution in [0.25, 0.3) is 0 Å². The fourth-order valence-electron chi connectivity index (χ4n) is 1.96. The van der Waals surface area contributed by atoms with E-state index < -0.39 is 6.10 Å². The molecule has 4 nitrogen and oxygen atoms in total. The van der Waals surface area contributed by atoms with Crippen LogP contribution in [0.15, 0.2) is 36.7 Å². The monoisotopic (exact) mass is 259 g/mol. The van der Waals surface area contributed by atoms with Crippen molar-refractivity contribution < 1.29 is 14.6 Å². The molecule has 0 aliphatic rings. The van der Waals surface area contributed by atoms with E-state index in [1.807, 2.05) is 13.0 Å². The Morgan fingerprint density at radius 3 is 2.26 bits per heavy atom. The van der Waals surface area contributed by atoms with Crippen LogP contribution in [0, 0.1) is 6.92 Å². The van der Waals surface area contributed by atoms with Crippen LogP contribution in [-0.4, -0.2) is 24.3 Å². The maximum absolute atomic E-state index is 10.5. The van der Waals surface area contributed by atoms with Crippen molar-refractivity contribution >= 4 is 0 Å². The van der Waals surface area contributed by atoms with Crippen LogP contribution in [0.1, 0.15) is 22.8 Å². The summed E-state index contributed by atoms with van der Waals surface area (Å²) in [5.41, 5.74) is 2.49. The van der Waals surface area contributed by atoms with Crippen LogP contribution in [0.4, 0.5) is 0 Å². The zero-order valence-corrected chi connectivity index (χ0v) is 11.3. The van der Waals surface area contributed by atoms with Crippen LogP contribution < -0.4 is 9.47 Å². The average Bonchev–Trinajstić information content (AvgIpc) is 2.46. The van der Waals surface area contributed by atoms with Crippen LogP contribution in [0.5, 0.6) is 11.5 Å². The van der Waals surface area contributed by atoms with Crippen molar-refractivity contribution in [2.45, 2.75) is 13.0 Å². The van der Waals surface area contributed by atoms with Gasteiger partial charge >= 0.3 is 0 Å². The molecule has 0 aliphatic heterocycles. The van der Waals surface area contributed by atoms with Gasteiger partial charge in [0.05, 0.1) is 14.2 Å². The van der Waals surface area contributed by atoms with E-state index in [0.717, 1.165) is 16.7 Å². The van der Waals surface area contributed by atoms with E-state index in [2.05, 4.69) is 4.98 Å². The number of hydrogen-bond donors (Lipinski definition) is 1. The van der Waals surface area contributed by atoms with Crippen molar-refractivity contribution in [3.8, 4) is 11.5 Å². The molecule has 2 aromatic rings. The lowest BCUT2D eigenvalue weighted by Gasteiger charge is -2.15. The van der Waals surface area contributed by atoms with Crippen molar-refractivity contribution in [2.24, 2.45) is 0 Å². The lowest BCUT2D eigenvalue weighted by atomic mass is 9.99. The topological polar surface area (TPSA) is 51.6 Å². The first kappa shape index (κ1) is 13.4. The number of aryl methyl sites for hydroxylation is 1. The maximum atomic E-state index is 10.5. The molecule has 1 unspecified atom stereocenters. The Hall–Kier alpha value is -2.07. The second kappa shape index (κ2) is 5.71. The largest absolute Gasteiger partial charge is 0.497 e. The summed E-state index contributed by atoms with van der Waals surface area (Å²) in [6.45, 7) is 1.92. The molecular weight excluding hydrogens is 242 g/mol. The Morgan fingerprint density at radius 1 is 1.11 bits per heavy atom. The molecule has 0 fully saturated rings. The molecule has 1 aromatic carbocycles. The summed E-state index contributed by atoms with van der Waals surface area (Å²) in [6.07, 6.45) is 2.67. The molecule has 1 aromatic heterocycles. The quantitative estimate of drug-likeness (QED) is 0.916. The van der Waals surface area contributed by atoms with Gasteiger partial charge in [-0.1, -0.05) is 0 Å². The third-order valence-electron chi connectivity index (χ3n) is 3.05. The molecule has 19 heavy (non-hydrogen) atoms. The number of ether oxygens (including phenoxy) is 2. The Bertz CT molecular complexity index is 547. The minimum atomic E-state index is -0.730. The average molecular weight is 259 g/mol. The van der Waals surface area contributed by atoms with Crippen LogP contribution in [0.2, 0.25) is 0 Å². The Morgan fingerprint density at radius 2 is 1.74 bits per heavy atom. The standard InChI is InChI=1S/C15H17NO3/c1-10-9-16-5-4-14(10)15(17)11-6-12(18-2)8-13(7-11)19-3/h4-9,15,17H,1-3H3. The van der Waals surface area contributed by atoms with Gasteiger partial charge in [-0.2, -0.15) is 0 Å². The van der Waals surface area contributed by atoms with Gasteiger partial charge in [0.25, 0.3) is 0 Å². The number of methoxy groups -OCH3 is 2. The summed E-state index contributed by atoms with van der Waals surface area (Å²) in [5.74, 6) is 1.31. The zero-order valence-electron chi connectivity index (χ0n) is 11.3. The number of rotatable bonds is 4. The normalized spacial score (nSPS) is 12.0. The number of aromatic nitrogens is 1. The molecule has 1 N–H and O–H groups in total. The minimum Gasteiger partial charge on any atom is -0.497 e. The van der Waals surface area contributed by atoms with Gasteiger partial charge in [-0.05, 0) is 41.8 Å². The van der Waals surface area contributed by atoms with Crippen LogP contribution >= 0.6 is 0 Å². The third-order valence-corrected chi connectivity index (χ3v) is 3.05. The van der Waals surface area contributed by atoms with Crippen molar-refractivity contribution in [2.75, 3.05) is 14.2 Å². The lowest BCUT2D eigenvalue weighted by Crippen LogP contribution is -2.03. The summed E-state index contributed by atoms with van der Waals surface area (Å²) < 4.78 is 10.4. The highest BCUT2D eigenvalue weighted by Gasteiger charge is 2.15. The molecular formula is C15H17NO3. The van der Waals surface area contributed by atoms with Gasteiger partial charge in [-0.15, -0.1) is 0 Å². The molecule has 1 heterocycles. The molecule has 0 radical (unpaired) electrons. The fourth-order valence-corrected chi connectivity index (χ4v) is 1.96. The summed E-state index contributed by atoms with van der Waals surface area (Å²) >= 11 is 0. The number of benzene rings is 1. The summed E-state index contributed by atoms with van der Waals surface area (Å²) in [5, 5.41) is 10.5. The molecule has 0 bridgehead atoms. The highest BCUT2D eigenvalue weighted by atomic mass is 16.5. The molecule has 0 saturated carbocycles. The number of nitrogens with zero attached hydrogens (tertiary/aromatic N) is 1. The van der Waals surface area contributed by atoms with Crippen molar-refractivity contribution in [3.05, 3.63) is 53.3 Å². The summed E-state index contributed by atoms with van der Waals surface area (Å²) in [7, 11) is 3.17. The Balaban J connectivity index is 2.43. The second-order valence-electron chi connectivity index (χ2n) is 4.28. The van der Waals surface area contributed by atoms with E-state index in [-0.39, 0.29) is 0 Å². The van der Waals surface area contributed by atoms with E-state index in [9.17, 15) is 5.11 Å². The molecule has 1 atom stereocenters. The van der Waals surface area contributed by atoms with Gasteiger partial charge in [0.15, 0.2) is 0 Å². The lowest BCUT2D eigenvalue weighted by molar-refractivity contribution is 0.218. The van der Waals surface area contributed by atoms with Crippen molar-refractivity contribution in [1.82, 2.24) is 4.98 Å². The minimum absolute atomic E-state index is 0.653. The summed E-state index contributed by atoms with van der Waals surface area (Å²) in [6, 6.07) is 7.18. The molecule has 4 heteroatoms. The van der Waals surface area contributed by atoms with Gasteiger partial charge in [0, 0.05) is 18.5 Å². The zero-order chi connectivity index (χ0) is 13.8. The Labute approximate surface area is 112 Å². The van der Waals surface area contributed by atoms with E-state index in [1.54, 1.807) is 44.8 Å². The van der Waals surface area contributed by atoms with Gasteiger partial charge in [0.2, 0.25) is 0 Å². The second-order valence-corrected chi connectivity index (χ2v) is 4.28. The predicted molar refractivity (Wildman–Crippen MR) is 72.6 cm³/mol. The first-order chi connectivity index (χ1) is 9.15. The summed E-state index contributed by atoms with van der Waals surface area (Å²) in [4.78, 5) is 4.03. The van der Waals surface area contributed by atoms with Gasteiger partial charge in [-0.3, -0.25) is 4.98 Å². The van der Waals surface area contributed by atoms with E-state index in [4.69, 9.17) is 9.47 Å². The van der Waals surface area contributed by atoms with E-state index in [0.29, 0.717) is 11.5 Å². The van der Waals surface area contributed by atoms with Crippen molar-refractivity contribution in [3.63, 3.8) is 0 Å². The van der Waals surface area contributed by atoms with E-state index >= 15 is 0 Å². The SMILES string of the molecule is COc1cc(OC)cc(C(O)c2ccncc2C)c1. The number of hydrogen-bond acceptors (Lipinski definition) is 4. The maximum Gasteiger partial charge on any atom is 0.122 e. The van der Waals surface area contributed by atoms with Crippen LogP contribution in [0.3, 0.4) is 0 Å². The molecule has 0 amide bonds. The first-order valence-corrected chi connectivity index (χ1v) is 5.97. The van der Waals surface area contributed by atoms with Gasteiger partial charge in [0.1, 0.15) is 17.6 Å². The number of pyridine rings is 1. The van der Waals surface area contributed by atoms with E-state index in [1.165, 1.54) is 0 Å². The molecule has 0 saturated heterocycles. The molecule has 2 rings (SSSR count). The highest BCUT2D eigenvalue weighted by Crippen LogP contribution is 2.30. The third kappa shape index (κ3) is 2.85. The van der Waals surface area contributed by atoms with Gasteiger partial charge in [-0.25, -0.2) is 0 Å². The highest BCUT2D eigenvalue weighted by molar-refractivity contribution is 5.43. The smallest absolute Gasteiger partial charge is 0.122 e. The molecule has 100 valence electrons. The fraction of sp³-hybridized carbons (Fsp3) is 0.267. The Kier molecular flexibility index (Phi) is 4.02. The number of aliphatic hydroxyl groups is 1. The molecule has 0 aliphatic carbocycles. The van der Waals surface area contributed by atoms with Crippen LogP contribution in [-0.2, 0) is 0 Å². The number of aliphatic hydroxyl groups excluding tert-OH is 1. The first-order valence-electron chi connectivity index (χ1n) is 5.97. The molecule has 0 spiro atoms. The predicted octanol–water partition coefficient (Wildman–Crippen LogP) is 2.49. The van der Waals surface area contributed by atoms with Gasteiger partial charge < -0.3 is 14.6 Å².